The molecule has 2 saturated heterocycles. The zero-order chi connectivity index (χ0) is 19.9. The molecule has 2 amide bonds. The van der Waals surface area contributed by atoms with E-state index in [1.807, 2.05) is 9.80 Å². The van der Waals surface area contributed by atoms with Crippen LogP contribution in [-0.4, -0.2) is 86.5 Å². The van der Waals surface area contributed by atoms with Crippen LogP contribution in [0.2, 0.25) is 0 Å². The van der Waals surface area contributed by atoms with E-state index in [1.54, 1.807) is 32.4 Å². The number of carbonyl (C=O) groups excluding carboxylic acids is 2. The highest BCUT2D eigenvalue weighted by atomic mass is 16.5. The summed E-state index contributed by atoms with van der Waals surface area (Å²) in [5, 5.41) is 0. The Morgan fingerprint density at radius 2 is 1.54 bits per heavy atom. The molecular formula is C21H31N3O4. The average molecular weight is 389 g/mol. The molecule has 3 rings (SSSR count). The number of piperazine rings is 1. The van der Waals surface area contributed by atoms with Crippen molar-refractivity contribution in [1.82, 2.24) is 14.7 Å². The lowest BCUT2D eigenvalue weighted by molar-refractivity contribution is -0.132. The first-order valence-electron chi connectivity index (χ1n) is 10.1. The number of rotatable bonds is 5. The highest BCUT2D eigenvalue weighted by molar-refractivity contribution is 5.97. The smallest absolute Gasteiger partial charge is 0.257 e. The predicted molar refractivity (Wildman–Crippen MR) is 107 cm³/mol. The Bertz CT molecular complexity index is 678. The van der Waals surface area contributed by atoms with Gasteiger partial charge in [-0.25, -0.2) is 0 Å². The molecule has 2 aliphatic rings. The van der Waals surface area contributed by atoms with Crippen molar-refractivity contribution in [3.8, 4) is 11.5 Å². The van der Waals surface area contributed by atoms with Gasteiger partial charge in [-0.3, -0.25) is 14.5 Å². The van der Waals surface area contributed by atoms with Crippen molar-refractivity contribution in [1.29, 1.82) is 0 Å². The van der Waals surface area contributed by atoms with Crippen LogP contribution < -0.4 is 9.47 Å². The number of benzene rings is 1. The molecule has 0 aromatic heterocycles. The van der Waals surface area contributed by atoms with Crippen molar-refractivity contribution in [2.45, 2.75) is 25.7 Å². The predicted octanol–water partition coefficient (Wildman–Crippen LogP) is 1.86. The summed E-state index contributed by atoms with van der Waals surface area (Å²) < 4.78 is 10.6. The van der Waals surface area contributed by atoms with Crippen LogP contribution in [0.5, 0.6) is 11.5 Å². The molecular weight excluding hydrogens is 358 g/mol. The van der Waals surface area contributed by atoms with E-state index in [-0.39, 0.29) is 11.8 Å². The van der Waals surface area contributed by atoms with Crippen LogP contribution in [-0.2, 0) is 4.79 Å². The largest absolute Gasteiger partial charge is 0.497 e. The van der Waals surface area contributed by atoms with Gasteiger partial charge in [0, 0.05) is 39.3 Å². The lowest BCUT2D eigenvalue weighted by Crippen LogP contribution is -2.51. The van der Waals surface area contributed by atoms with E-state index in [0.29, 0.717) is 49.8 Å². The Hall–Kier alpha value is -2.28. The summed E-state index contributed by atoms with van der Waals surface area (Å²) in [6, 6.07) is 5.25. The summed E-state index contributed by atoms with van der Waals surface area (Å²) in [6.07, 6.45) is 4.66. The van der Waals surface area contributed by atoms with Crippen molar-refractivity contribution in [2.24, 2.45) is 0 Å². The second-order valence-electron chi connectivity index (χ2n) is 7.43. The summed E-state index contributed by atoms with van der Waals surface area (Å²) >= 11 is 0. The fraction of sp³-hybridized carbons (Fsp3) is 0.619. The van der Waals surface area contributed by atoms with E-state index in [0.717, 1.165) is 25.9 Å². The van der Waals surface area contributed by atoms with Crippen molar-refractivity contribution in [2.75, 3.05) is 60.0 Å². The first-order valence-corrected chi connectivity index (χ1v) is 10.1. The lowest BCUT2D eigenvalue weighted by Gasteiger charge is -2.35. The van der Waals surface area contributed by atoms with Gasteiger partial charge < -0.3 is 19.3 Å². The van der Waals surface area contributed by atoms with Crippen LogP contribution in [0, 0.1) is 0 Å². The minimum absolute atomic E-state index is 0.0609. The Balaban J connectivity index is 1.55. The van der Waals surface area contributed by atoms with E-state index in [2.05, 4.69) is 4.90 Å². The lowest BCUT2D eigenvalue weighted by atomic mass is 10.1. The molecule has 0 saturated carbocycles. The number of amides is 2. The summed E-state index contributed by atoms with van der Waals surface area (Å²) in [5.41, 5.74) is 0.510. The van der Waals surface area contributed by atoms with Crippen molar-refractivity contribution in [3.05, 3.63) is 23.8 Å². The number of likely N-dealkylation sites (tertiary alicyclic amines) is 1. The normalized spacial score (nSPS) is 18.5. The zero-order valence-corrected chi connectivity index (χ0v) is 17.0. The second kappa shape index (κ2) is 9.78. The van der Waals surface area contributed by atoms with Gasteiger partial charge in [-0.1, -0.05) is 12.8 Å². The molecule has 7 nitrogen and oxygen atoms in total. The second-order valence-corrected chi connectivity index (χ2v) is 7.43. The highest BCUT2D eigenvalue weighted by Crippen LogP contribution is 2.25. The molecule has 2 aliphatic heterocycles. The van der Waals surface area contributed by atoms with Gasteiger partial charge in [0.2, 0.25) is 5.91 Å². The third-order valence-electron chi connectivity index (χ3n) is 5.61. The Morgan fingerprint density at radius 3 is 2.14 bits per heavy atom. The number of ether oxygens (including phenoxy) is 2. The first kappa shape index (κ1) is 20.5. The molecule has 0 spiro atoms. The SMILES string of the molecule is COc1ccc(OC)c(C(=O)N2CCN(CC(=O)N3CCCCCC3)CC2)c1. The molecule has 2 heterocycles. The zero-order valence-electron chi connectivity index (χ0n) is 17.0. The Labute approximate surface area is 167 Å². The van der Waals surface area contributed by atoms with E-state index in [1.165, 1.54) is 12.8 Å². The summed E-state index contributed by atoms with van der Waals surface area (Å²) in [5.74, 6) is 1.33. The molecule has 0 radical (unpaired) electrons. The number of hydrogen-bond acceptors (Lipinski definition) is 5. The number of methoxy groups -OCH3 is 2. The van der Waals surface area contributed by atoms with E-state index < -0.39 is 0 Å². The van der Waals surface area contributed by atoms with E-state index in [9.17, 15) is 9.59 Å². The molecule has 0 atom stereocenters. The van der Waals surface area contributed by atoms with Crippen LogP contribution >= 0.6 is 0 Å². The van der Waals surface area contributed by atoms with Gasteiger partial charge in [-0.2, -0.15) is 0 Å². The standard InChI is InChI=1S/C21H31N3O4/c1-27-17-7-8-19(28-2)18(15-17)21(26)24-13-11-22(12-14-24)16-20(25)23-9-5-3-4-6-10-23/h7-8,15H,3-6,9-14,16H2,1-2H3. The van der Waals surface area contributed by atoms with Gasteiger partial charge in [0.25, 0.3) is 5.91 Å². The Kier molecular flexibility index (Phi) is 7.14. The van der Waals surface area contributed by atoms with Crippen molar-refractivity contribution in [3.63, 3.8) is 0 Å². The van der Waals surface area contributed by atoms with Crippen molar-refractivity contribution >= 4 is 11.8 Å². The summed E-state index contributed by atoms with van der Waals surface area (Å²) in [4.78, 5) is 31.5. The maximum atomic E-state index is 13.0. The van der Waals surface area contributed by atoms with Gasteiger partial charge in [0.1, 0.15) is 11.5 Å². The molecule has 28 heavy (non-hydrogen) atoms. The molecule has 2 fully saturated rings. The molecule has 7 heteroatoms. The van der Waals surface area contributed by atoms with Crippen LogP contribution in [0.3, 0.4) is 0 Å². The molecule has 0 aliphatic carbocycles. The molecule has 1 aromatic carbocycles. The van der Waals surface area contributed by atoms with Gasteiger partial charge in [0.05, 0.1) is 26.3 Å². The van der Waals surface area contributed by atoms with Crippen LogP contribution in [0.4, 0.5) is 0 Å². The fourth-order valence-electron chi connectivity index (χ4n) is 3.87. The maximum Gasteiger partial charge on any atom is 0.257 e. The fourth-order valence-corrected chi connectivity index (χ4v) is 3.87. The minimum Gasteiger partial charge on any atom is -0.497 e. The average Bonchev–Trinajstić information content (AvgIpc) is 3.03. The van der Waals surface area contributed by atoms with Crippen LogP contribution in [0.1, 0.15) is 36.0 Å². The van der Waals surface area contributed by atoms with Gasteiger partial charge in [-0.05, 0) is 31.0 Å². The third kappa shape index (κ3) is 4.95. The van der Waals surface area contributed by atoms with E-state index in [4.69, 9.17) is 9.47 Å². The highest BCUT2D eigenvalue weighted by Gasteiger charge is 2.26. The number of hydrogen-bond donors (Lipinski definition) is 0. The minimum atomic E-state index is -0.0609. The monoisotopic (exact) mass is 389 g/mol. The molecule has 154 valence electrons. The third-order valence-corrected chi connectivity index (χ3v) is 5.61. The van der Waals surface area contributed by atoms with Crippen molar-refractivity contribution < 1.29 is 19.1 Å². The molecule has 1 aromatic rings. The number of carbonyl (C=O) groups is 2. The molecule has 0 unspecified atom stereocenters. The number of nitrogens with zero attached hydrogens (tertiary/aromatic N) is 3. The molecule has 0 N–H and O–H groups in total. The molecule has 0 bridgehead atoms. The summed E-state index contributed by atoms with van der Waals surface area (Å²) in [6.45, 7) is 4.83. The first-order chi connectivity index (χ1) is 13.6. The maximum absolute atomic E-state index is 13.0. The van der Waals surface area contributed by atoms with Crippen LogP contribution in [0.15, 0.2) is 18.2 Å². The summed E-state index contributed by atoms with van der Waals surface area (Å²) in [7, 11) is 3.14. The van der Waals surface area contributed by atoms with E-state index >= 15 is 0 Å². The van der Waals surface area contributed by atoms with Crippen LogP contribution in [0.25, 0.3) is 0 Å². The quantitative estimate of drug-likeness (QED) is 0.769. The Morgan fingerprint density at radius 1 is 0.857 bits per heavy atom. The van der Waals surface area contributed by atoms with Gasteiger partial charge in [0.15, 0.2) is 0 Å². The van der Waals surface area contributed by atoms with Gasteiger partial charge in [-0.15, -0.1) is 0 Å². The topological polar surface area (TPSA) is 62.3 Å². The van der Waals surface area contributed by atoms with Gasteiger partial charge >= 0.3 is 0 Å².